The van der Waals surface area contributed by atoms with Crippen LogP contribution in [0.15, 0.2) is 0 Å². The van der Waals surface area contributed by atoms with Crippen molar-refractivity contribution in [1.29, 1.82) is 0 Å². The molecule has 0 bridgehead atoms. The van der Waals surface area contributed by atoms with Crippen LogP contribution in [0.25, 0.3) is 0 Å². The van der Waals surface area contributed by atoms with Gasteiger partial charge in [-0.05, 0) is 18.5 Å². The van der Waals surface area contributed by atoms with Crippen LogP contribution in [0, 0.1) is 0 Å². The highest BCUT2D eigenvalue weighted by Crippen LogP contribution is 2.12. The van der Waals surface area contributed by atoms with Crippen molar-refractivity contribution in [3.63, 3.8) is 0 Å². The van der Waals surface area contributed by atoms with E-state index in [9.17, 15) is 0 Å². The van der Waals surface area contributed by atoms with Crippen molar-refractivity contribution in [1.82, 2.24) is 15.0 Å². The fourth-order valence-electron chi connectivity index (χ4n) is 1.12. The van der Waals surface area contributed by atoms with Crippen molar-refractivity contribution >= 4 is 23.5 Å². The third-order valence-electron chi connectivity index (χ3n) is 1.79. The summed E-state index contributed by atoms with van der Waals surface area (Å²) < 4.78 is 5.01. The van der Waals surface area contributed by atoms with Crippen LogP contribution in [0.3, 0.4) is 0 Å². The van der Waals surface area contributed by atoms with Crippen LogP contribution in [-0.4, -0.2) is 48.8 Å². The maximum absolute atomic E-state index is 5.79. The van der Waals surface area contributed by atoms with Gasteiger partial charge in [-0.15, -0.1) is 0 Å². The number of nitrogens with zero attached hydrogens (tertiary/aromatic N) is 4. The second kappa shape index (κ2) is 5.81. The van der Waals surface area contributed by atoms with Gasteiger partial charge >= 0.3 is 0 Å². The van der Waals surface area contributed by atoms with E-state index in [-0.39, 0.29) is 11.3 Å². The largest absolute Gasteiger partial charge is 0.383 e. The Morgan fingerprint density at radius 3 is 2.62 bits per heavy atom. The highest BCUT2D eigenvalue weighted by molar-refractivity contribution is 6.28. The maximum atomic E-state index is 5.79. The van der Waals surface area contributed by atoms with Gasteiger partial charge in [0.25, 0.3) is 0 Å². The summed E-state index contributed by atoms with van der Waals surface area (Å²) in [6, 6.07) is 0.110. The molecule has 0 fully saturated rings. The Hall–Kier alpha value is -1.14. The average molecular weight is 246 g/mol. The summed E-state index contributed by atoms with van der Waals surface area (Å²) in [6.07, 6.45) is 0. The van der Waals surface area contributed by atoms with Crippen LogP contribution >= 0.6 is 11.6 Å². The van der Waals surface area contributed by atoms with Crippen molar-refractivity contribution in [2.24, 2.45) is 0 Å². The van der Waals surface area contributed by atoms with Gasteiger partial charge in [-0.3, -0.25) is 0 Å². The van der Waals surface area contributed by atoms with Crippen molar-refractivity contribution in [2.45, 2.75) is 13.0 Å². The molecule has 1 aromatic heterocycles. The third kappa shape index (κ3) is 3.79. The van der Waals surface area contributed by atoms with E-state index in [1.807, 2.05) is 21.0 Å². The summed E-state index contributed by atoms with van der Waals surface area (Å²) in [5.41, 5.74) is 0. The molecule has 0 amide bonds. The summed E-state index contributed by atoms with van der Waals surface area (Å²) in [6.45, 7) is 2.54. The first-order valence-electron chi connectivity index (χ1n) is 4.87. The lowest BCUT2D eigenvalue weighted by Crippen LogP contribution is -2.23. The summed E-state index contributed by atoms with van der Waals surface area (Å²) >= 11 is 5.79. The van der Waals surface area contributed by atoms with Crippen molar-refractivity contribution in [3.05, 3.63) is 5.28 Å². The Balaban J connectivity index is 2.80. The number of rotatable bonds is 5. The smallest absolute Gasteiger partial charge is 0.230 e. The number of methoxy groups -OCH3 is 1. The van der Waals surface area contributed by atoms with Crippen molar-refractivity contribution < 1.29 is 4.74 Å². The predicted octanol–water partition coefficient (Wildman–Crippen LogP) is 1.04. The lowest BCUT2D eigenvalue weighted by atomic mass is 10.4. The minimum atomic E-state index is 0.110. The van der Waals surface area contributed by atoms with Crippen molar-refractivity contribution in [2.75, 3.05) is 38.0 Å². The monoisotopic (exact) mass is 245 g/mol. The van der Waals surface area contributed by atoms with Gasteiger partial charge in [0.15, 0.2) is 0 Å². The summed E-state index contributed by atoms with van der Waals surface area (Å²) in [4.78, 5) is 13.9. The first-order valence-corrected chi connectivity index (χ1v) is 5.25. The first kappa shape index (κ1) is 12.9. The van der Waals surface area contributed by atoms with Crippen molar-refractivity contribution in [3.8, 4) is 0 Å². The van der Waals surface area contributed by atoms with Crippen LogP contribution in [0.1, 0.15) is 6.92 Å². The van der Waals surface area contributed by atoms with E-state index in [2.05, 4.69) is 20.3 Å². The second-order valence-electron chi connectivity index (χ2n) is 3.62. The van der Waals surface area contributed by atoms with E-state index < -0.39 is 0 Å². The van der Waals surface area contributed by atoms with Gasteiger partial charge in [-0.1, -0.05) is 0 Å². The summed E-state index contributed by atoms with van der Waals surface area (Å²) in [5.74, 6) is 0.973. The number of anilines is 2. The molecule has 1 unspecified atom stereocenters. The number of nitrogens with one attached hydrogen (secondary N) is 1. The zero-order chi connectivity index (χ0) is 12.1. The van der Waals surface area contributed by atoms with Gasteiger partial charge in [0.2, 0.25) is 17.2 Å². The second-order valence-corrected chi connectivity index (χ2v) is 3.96. The molecule has 0 aromatic carbocycles. The van der Waals surface area contributed by atoms with E-state index in [1.54, 1.807) is 12.0 Å². The zero-order valence-corrected chi connectivity index (χ0v) is 10.6. The number of hydrogen-bond acceptors (Lipinski definition) is 6. The van der Waals surface area contributed by atoms with Gasteiger partial charge in [0.05, 0.1) is 6.61 Å². The SMILES string of the molecule is COCC(C)Nc1nc(Cl)nc(N(C)C)n1. The lowest BCUT2D eigenvalue weighted by molar-refractivity contribution is 0.190. The molecule has 7 heteroatoms. The molecule has 1 atom stereocenters. The third-order valence-corrected chi connectivity index (χ3v) is 1.96. The van der Waals surface area contributed by atoms with Crippen LogP contribution in [-0.2, 0) is 4.74 Å². The molecule has 90 valence electrons. The van der Waals surface area contributed by atoms with E-state index >= 15 is 0 Å². The molecular weight excluding hydrogens is 230 g/mol. The molecule has 0 radical (unpaired) electrons. The van der Waals surface area contributed by atoms with Crippen LogP contribution < -0.4 is 10.2 Å². The normalized spacial score (nSPS) is 12.3. The van der Waals surface area contributed by atoms with E-state index in [1.165, 1.54) is 0 Å². The van der Waals surface area contributed by atoms with E-state index in [4.69, 9.17) is 16.3 Å². The molecule has 0 spiro atoms. The number of ether oxygens (including phenoxy) is 1. The minimum absolute atomic E-state index is 0.110. The van der Waals surface area contributed by atoms with Gasteiger partial charge in [-0.2, -0.15) is 15.0 Å². The molecule has 1 rings (SSSR count). The van der Waals surface area contributed by atoms with Crippen LogP contribution in [0.2, 0.25) is 5.28 Å². The molecule has 0 aliphatic rings. The quantitative estimate of drug-likeness (QED) is 0.836. The molecule has 0 aliphatic heterocycles. The van der Waals surface area contributed by atoms with Gasteiger partial charge < -0.3 is 15.0 Å². The fraction of sp³-hybridized carbons (Fsp3) is 0.667. The molecular formula is C9H16ClN5O. The molecule has 0 saturated carbocycles. The Labute approximate surface area is 100 Å². The lowest BCUT2D eigenvalue weighted by Gasteiger charge is -2.15. The topological polar surface area (TPSA) is 63.2 Å². The van der Waals surface area contributed by atoms with Crippen LogP contribution in [0.5, 0.6) is 0 Å². The highest BCUT2D eigenvalue weighted by Gasteiger charge is 2.08. The molecule has 6 nitrogen and oxygen atoms in total. The molecule has 0 saturated heterocycles. The van der Waals surface area contributed by atoms with Gasteiger partial charge in [0, 0.05) is 27.2 Å². The average Bonchev–Trinajstić information content (AvgIpc) is 2.16. The summed E-state index contributed by atoms with van der Waals surface area (Å²) in [7, 11) is 5.33. The molecule has 1 N–H and O–H groups in total. The zero-order valence-electron chi connectivity index (χ0n) is 9.86. The molecule has 16 heavy (non-hydrogen) atoms. The predicted molar refractivity (Wildman–Crippen MR) is 64.1 cm³/mol. The highest BCUT2D eigenvalue weighted by atomic mass is 35.5. The minimum Gasteiger partial charge on any atom is -0.383 e. The van der Waals surface area contributed by atoms with Crippen LogP contribution in [0.4, 0.5) is 11.9 Å². The Morgan fingerprint density at radius 2 is 2.06 bits per heavy atom. The Bertz CT molecular complexity index is 347. The number of aromatic nitrogens is 3. The van der Waals surface area contributed by atoms with E-state index in [0.717, 1.165) is 0 Å². The Kier molecular flexibility index (Phi) is 4.70. The molecule has 1 heterocycles. The van der Waals surface area contributed by atoms with E-state index in [0.29, 0.717) is 18.5 Å². The summed E-state index contributed by atoms with van der Waals surface area (Å²) in [5, 5.41) is 3.25. The molecule has 0 aliphatic carbocycles. The maximum Gasteiger partial charge on any atom is 0.230 e. The Morgan fingerprint density at radius 1 is 1.38 bits per heavy atom. The van der Waals surface area contributed by atoms with Gasteiger partial charge in [0.1, 0.15) is 0 Å². The standard InChI is InChI=1S/C9H16ClN5O/c1-6(5-16-4)11-8-12-7(10)13-9(14-8)15(2)3/h6H,5H2,1-4H3,(H,11,12,13,14). The fourth-order valence-corrected chi connectivity index (χ4v) is 1.27. The number of halogens is 1. The van der Waals surface area contributed by atoms with Gasteiger partial charge in [-0.25, -0.2) is 0 Å². The number of hydrogen-bond donors (Lipinski definition) is 1. The molecule has 1 aromatic rings. The first-order chi connectivity index (χ1) is 7.52.